The van der Waals surface area contributed by atoms with Gasteiger partial charge in [-0.2, -0.15) is 0 Å². The van der Waals surface area contributed by atoms with Crippen LogP contribution in [0, 0.1) is 0 Å². The third-order valence-electron chi connectivity index (χ3n) is 3.59. The largest absolute Gasteiger partial charge is 0.376 e. The maximum Gasteiger partial charge on any atom is 0.253 e. The first-order valence-electron chi connectivity index (χ1n) is 7.40. The van der Waals surface area contributed by atoms with Crippen LogP contribution in [0.5, 0.6) is 0 Å². The van der Waals surface area contributed by atoms with Gasteiger partial charge in [-0.25, -0.2) is 4.98 Å². The summed E-state index contributed by atoms with van der Waals surface area (Å²) >= 11 is 0. The highest BCUT2D eigenvalue weighted by molar-refractivity contribution is 5.94. The van der Waals surface area contributed by atoms with Gasteiger partial charge in [0.25, 0.3) is 5.91 Å². The lowest BCUT2D eigenvalue weighted by atomic mass is 10.2. The molecule has 0 saturated carbocycles. The Balaban J connectivity index is 1.72. The summed E-state index contributed by atoms with van der Waals surface area (Å²) in [4.78, 5) is 33.4. The van der Waals surface area contributed by atoms with Crippen molar-refractivity contribution in [3.8, 4) is 0 Å². The Bertz CT molecular complexity index is 901. The van der Waals surface area contributed by atoms with Gasteiger partial charge in [-0.05, 0) is 18.2 Å². The van der Waals surface area contributed by atoms with Crippen molar-refractivity contribution in [1.29, 1.82) is 0 Å². The van der Waals surface area contributed by atoms with Gasteiger partial charge < -0.3 is 14.6 Å². The number of carbonyl (C=O) groups excluding carboxylic acids is 2. The molecule has 0 bridgehead atoms. The van der Waals surface area contributed by atoms with Crippen molar-refractivity contribution in [2.75, 3.05) is 19.0 Å². The summed E-state index contributed by atoms with van der Waals surface area (Å²) in [5, 5.41) is 2.83. The van der Waals surface area contributed by atoms with E-state index < -0.39 is 0 Å². The first-order chi connectivity index (χ1) is 11.6. The van der Waals surface area contributed by atoms with Crippen LogP contribution in [0.25, 0.3) is 5.65 Å². The Kier molecular flexibility index (Phi) is 4.24. The van der Waals surface area contributed by atoms with E-state index in [1.165, 1.54) is 6.20 Å². The molecule has 0 unspecified atom stereocenters. The van der Waals surface area contributed by atoms with Gasteiger partial charge in [-0.15, -0.1) is 0 Å². The molecule has 0 saturated heterocycles. The number of aldehydes is 1. The first kappa shape index (κ1) is 15.7. The Morgan fingerprint density at radius 2 is 2.12 bits per heavy atom. The number of rotatable bonds is 5. The molecule has 1 amide bonds. The van der Waals surface area contributed by atoms with E-state index in [0.29, 0.717) is 23.4 Å². The molecule has 3 heterocycles. The monoisotopic (exact) mass is 323 g/mol. The number of amides is 1. The van der Waals surface area contributed by atoms with E-state index in [9.17, 15) is 9.59 Å². The van der Waals surface area contributed by atoms with Gasteiger partial charge in [0.05, 0.1) is 29.7 Å². The van der Waals surface area contributed by atoms with E-state index in [4.69, 9.17) is 0 Å². The summed E-state index contributed by atoms with van der Waals surface area (Å²) in [5.41, 5.74) is 3.36. The Morgan fingerprint density at radius 3 is 2.88 bits per heavy atom. The van der Waals surface area contributed by atoms with Crippen LogP contribution < -0.4 is 10.2 Å². The molecule has 0 atom stereocenters. The average Bonchev–Trinajstić information content (AvgIpc) is 3.01. The van der Waals surface area contributed by atoms with Crippen LogP contribution in [-0.4, -0.2) is 40.7 Å². The molecule has 0 aliphatic heterocycles. The molecular weight excluding hydrogens is 306 g/mol. The first-order valence-corrected chi connectivity index (χ1v) is 7.40. The molecule has 0 spiro atoms. The lowest BCUT2D eigenvalue weighted by Gasteiger charge is -2.12. The van der Waals surface area contributed by atoms with Gasteiger partial charge in [0.2, 0.25) is 0 Å². The number of hydrogen-bond acceptors (Lipinski definition) is 5. The molecule has 7 nitrogen and oxygen atoms in total. The number of aromatic nitrogens is 3. The van der Waals surface area contributed by atoms with Crippen molar-refractivity contribution in [3.05, 3.63) is 59.8 Å². The van der Waals surface area contributed by atoms with Gasteiger partial charge in [0.15, 0.2) is 6.29 Å². The van der Waals surface area contributed by atoms with Crippen LogP contribution in [0.3, 0.4) is 0 Å². The molecule has 3 rings (SSSR count). The van der Waals surface area contributed by atoms with Crippen molar-refractivity contribution >= 4 is 23.5 Å². The Hall–Kier alpha value is -3.22. The average molecular weight is 323 g/mol. The fourth-order valence-electron chi connectivity index (χ4n) is 2.29. The second kappa shape index (κ2) is 6.49. The molecular formula is C17H17N5O2. The summed E-state index contributed by atoms with van der Waals surface area (Å²) in [7, 11) is 3.78. The maximum atomic E-state index is 12.3. The van der Waals surface area contributed by atoms with Gasteiger partial charge >= 0.3 is 0 Å². The summed E-state index contributed by atoms with van der Waals surface area (Å²) in [6, 6.07) is 5.25. The molecule has 0 aliphatic carbocycles. The van der Waals surface area contributed by atoms with Crippen LogP contribution >= 0.6 is 0 Å². The molecule has 122 valence electrons. The fourth-order valence-corrected chi connectivity index (χ4v) is 2.29. The summed E-state index contributed by atoms with van der Waals surface area (Å²) in [6.07, 6.45) is 7.50. The van der Waals surface area contributed by atoms with Crippen LogP contribution in [0.15, 0.2) is 43.0 Å². The van der Waals surface area contributed by atoms with E-state index >= 15 is 0 Å². The highest BCUT2D eigenvalue weighted by Gasteiger charge is 2.09. The van der Waals surface area contributed by atoms with Gasteiger partial charge in [-0.1, -0.05) is 0 Å². The van der Waals surface area contributed by atoms with Crippen molar-refractivity contribution in [2.24, 2.45) is 0 Å². The number of fused-ring (bicyclic) bond motifs is 1. The highest BCUT2D eigenvalue weighted by atomic mass is 16.1. The second-order valence-corrected chi connectivity index (χ2v) is 5.59. The van der Waals surface area contributed by atoms with E-state index in [-0.39, 0.29) is 5.91 Å². The molecule has 1 N–H and O–H groups in total. The molecule has 0 fully saturated rings. The molecule has 24 heavy (non-hydrogen) atoms. The minimum Gasteiger partial charge on any atom is -0.376 e. The fraction of sp³-hybridized carbons (Fsp3) is 0.176. The van der Waals surface area contributed by atoms with E-state index in [0.717, 1.165) is 17.6 Å². The van der Waals surface area contributed by atoms with E-state index in [2.05, 4.69) is 15.3 Å². The maximum absolute atomic E-state index is 12.3. The van der Waals surface area contributed by atoms with Gasteiger partial charge in [0.1, 0.15) is 5.65 Å². The number of carbonyl (C=O) groups is 2. The SMILES string of the molecule is CN(C)c1cncc(C(=O)NCc2cn3cc(C=O)ccc3n2)c1. The number of imidazole rings is 1. The second-order valence-electron chi connectivity index (χ2n) is 5.59. The minimum absolute atomic E-state index is 0.211. The smallest absolute Gasteiger partial charge is 0.253 e. The topological polar surface area (TPSA) is 79.6 Å². The molecule has 0 radical (unpaired) electrons. The van der Waals surface area contributed by atoms with Crippen LogP contribution in [0.1, 0.15) is 26.4 Å². The van der Waals surface area contributed by atoms with Crippen molar-refractivity contribution in [3.63, 3.8) is 0 Å². The number of nitrogens with zero attached hydrogens (tertiary/aromatic N) is 4. The molecule has 0 aliphatic rings. The summed E-state index contributed by atoms with van der Waals surface area (Å²) < 4.78 is 1.76. The van der Waals surface area contributed by atoms with Crippen LogP contribution in [0.2, 0.25) is 0 Å². The third kappa shape index (κ3) is 3.24. The van der Waals surface area contributed by atoms with E-state index in [1.807, 2.05) is 19.0 Å². The predicted molar refractivity (Wildman–Crippen MR) is 90.3 cm³/mol. The number of pyridine rings is 2. The van der Waals surface area contributed by atoms with Crippen molar-refractivity contribution in [1.82, 2.24) is 19.7 Å². The summed E-state index contributed by atoms with van der Waals surface area (Å²) in [5.74, 6) is -0.211. The van der Waals surface area contributed by atoms with Gasteiger partial charge in [0, 0.05) is 38.2 Å². The van der Waals surface area contributed by atoms with Crippen molar-refractivity contribution < 1.29 is 9.59 Å². The summed E-state index contributed by atoms with van der Waals surface area (Å²) in [6.45, 7) is 0.295. The number of nitrogens with one attached hydrogen (secondary N) is 1. The lowest BCUT2D eigenvalue weighted by Crippen LogP contribution is -2.23. The van der Waals surface area contributed by atoms with Crippen LogP contribution in [-0.2, 0) is 6.54 Å². The number of anilines is 1. The van der Waals surface area contributed by atoms with Crippen LogP contribution in [0.4, 0.5) is 5.69 Å². The molecule has 3 aromatic heterocycles. The zero-order chi connectivity index (χ0) is 17.1. The van der Waals surface area contributed by atoms with Gasteiger partial charge in [-0.3, -0.25) is 14.6 Å². The lowest BCUT2D eigenvalue weighted by molar-refractivity contribution is 0.0950. The predicted octanol–water partition coefficient (Wildman–Crippen LogP) is 1.54. The Morgan fingerprint density at radius 1 is 1.29 bits per heavy atom. The van der Waals surface area contributed by atoms with Crippen molar-refractivity contribution in [2.45, 2.75) is 6.54 Å². The standard InChI is InChI=1S/C17H17N5O2/c1-21(2)15-5-13(6-18-8-15)17(24)19-7-14-10-22-9-12(11-23)3-4-16(22)20-14/h3-6,8-11H,7H2,1-2H3,(H,19,24). The molecule has 0 aromatic carbocycles. The molecule has 3 aromatic rings. The molecule has 7 heteroatoms. The zero-order valence-electron chi connectivity index (χ0n) is 13.4. The zero-order valence-corrected chi connectivity index (χ0v) is 13.4. The number of hydrogen-bond donors (Lipinski definition) is 1. The van der Waals surface area contributed by atoms with E-state index in [1.54, 1.807) is 41.2 Å². The minimum atomic E-state index is -0.211. The highest BCUT2D eigenvalue weighted by Crippen LogP contribution is 2.12. The normalized spacial score (nSPS) is 10.6. The quantitative estimate of drug-likeness (QED) is 0.721. The Labute approximate surface area is 139 Å². The third-order valence-corrected chi connectivity index (χ3v) is 3.59.